The second kappa shape index (κ2) is 20.5. The van der Waals surface area contributed by atoms with Crippen LogP contribution >= 0.6 is 0 Å². The first-order chi connectivity index (χ1) is 14.0. The van der Waals surface area contributed by atoms with Gasteiger partial charge in [0.15, 0.2) is 0 Å². The van der Waals surface area contributed by atoms with E-state index in [-0.39, 0.29) is 41.9 Å². The predicted octanol–water partition coefficient (Wildman–Crippen LogP) is 7.49. The van der Waals surface area contributed by atoms with Gasteiger partial charge < -0.3 is 10.2 Å². The minimum absolute atomic E-state index is 0. The third kappa shape index (κ3) is 27.5. The van der Waals surface area contributed by atoms with Crippen LogP contribution in [0.2, 0.25) is 0 Å². The van der Waals surface area contributed by atoms with Crippen LogP contribution in [0.3, 0.4) is 0 Å². The summed E-state index contributed by atoms with van der Waals surface area (Å²) in [6, 6.07) is 0. The summed E-state index contributed by atoms with van der Waals surface area (Å²) in [7, 11) is -4.17. The summed E-state index contributed by atoms with van der Waals surface area (Å²) < 4.78 is 30.7. The molecule has 8 heteroatoms. The van der Waals surface area contributed by atoms with Gasteiger partial charge in [0, 0.05) is 13.0 Å². The highest BCUT2D eigenvalue weighted by Crippen LogP contribution is 2.59. The Bertz CT molecular complexity index is 539. The van der Waals surface area contributed by atoms with Crippen LogP contribution in [0.1, 0.15) is 123 Å². The van der Waals surface area contributed by atoms with Crippen LogP contribution in [-0.4, -0.2) is 42.4 Å². The molecule has 0 saturated heterocycles. The van der Waals surface area contributed by atoms with Crippen LogP contribution in [0.25, 0.3) is 0 Å². The van der Waals surface area contributed by atoms with E-state index in [0.717, 1.165) is 23.2 Å². The smallest absolute Gasteiger partial charge is 0.397 e. The lowest BCUT2D eigenvalue weighted by molar-refractivity contribution is -0.136. The molecule has 0 aromatic carbocycles. The van der Waals surface area contributed by atoms with Crippen molar-refractivity contribution in [3.63, 3.8) is 0 Å². The number of hydrogen-bond donors (Lipinski definition) is 3. The third-order valence-corrected chi connectivity index (χ3v) is 5.45. The largest absolute Gasteiger partial charge is 0.481 e. The second-order valence-electron chi connectivity index (χ2n) is 10.6. The molecule has 4 rings (SSSR count). The molecule has 4 aliphatic carbocycles. The fourth-order valence-electron chi connectivity index (χ4n) is 4.69. The molecule has 0 radical (unpaired) electrons. The molecular formula is C26H60O7S. The monoisotopic (exact) mass is 516 g/mol. The molecule has 0 aromatic rings. The predicted molar refractivity (Wildman–Crippen MR) is 145 cm³/mol. The fourth-order valence-corrected chi connectivity index (χ4v) is 4.99. The highest BCUT2D eigenvalue weighted by atomic mass is 32.3. The number of carboxylic acid groups (broad SMARTS) is 1. The Kier molecular flexibility index (Phi) is 26.1. The first kappa shape index (κ1) is 43.4. The summed E-state index contributed by atoms with van der Waals surface area (Å²) in [5, 5.41) is 15.3. The Hall–Kier alpha value is -0.700. The van der Waals surface area contributed by atoms with Gasteiger partial charge in [-0.05, 0) is 81.0 Å². The number of rotatable bonds is 3. The number of carboxylic acids is 1. The lowest BCUT2D eigenvalue weighted by Crippen LogP contribution is -2.44. The van der Waals surface area contributed by atoms with Crippen molar-refractivity contribution in [2.45, 2.75) is 123 Å². The zero-order chi connectivity index (χ0) is 24.9. The first-order valence-electron chi connectivity index (χ1n) is 11.4. The first-order valence-corrected chi connectivity index (χ1v) is 12.8. The number of aliphatic carboxylic acids is 1. The molecule has 7 nitrogen and oxygen atoms in total. The Morgan fingerprint density at radius 1 is 0.912 bits per heavy atom. The average molecular weight is 517 g/mol. The van der Waals surface area contributed by atoms with E-state index in [1.807, 2.05) is 0 Å². The molecule has 4 aliphatic rings. The van der Waals surface area contributed by atoms with Crippen molar-refractivity contribution < 1.29 is 32.2 Å². The van der Waals surface area contributed by atoms with Crippen molar-refractivity contribution in [3.8, 4) is 0 Å². The SMILES string of the molecule is C.C.C.CC(C)(C)C.CC12CC3CC(CC(C3)C1)C2.CCC(=O)O.CCO.CCOS(=O)(=O)O. The lowest BCUT2D eigenvalue weighted by Gasteiger charge is -2.55. The van der Waals surface area contributed by atoms with Gasteiger partial charge in [-0.2, -0.15) is 8.42 Å². The van der Waals surface area contributed by atoms with Crippen molar-refractivity contribution in [1.82, 2.24) is 0 Å². The Labute approximate surface area is 213 Å². The van der Waals surface area contributed by atoms with E-state index < -0.39 is 16.4 Å². The van der Waals surface area contributed by atoms with Crippen molar-refractivity contribution in [1.29, 1.82) is 0 Å². The van der Waals surface area contributed by atoms with Gasteiger partial charge in [-0.3, -0.25) is 9.35 Å². The quantitative estimate of drug-likeness (QED) is 0.332. The summed E-state index contributed by atoms with van der Waals surface area (Å²) in [5.41, 5.74) is 1.30. The molecule has 212 valence electrons. The molecule has 0 atom stereocenters. The van der Waals surface area contributed by atoms with Crippen LogP contribution in [0.5, 0.6) is 0 Å². The molecule has 4 bridgehead atoms. The molecule has 0 spiro atoms. The summed E-state index contributed by atoms with van der Waals surface area (Å²) in [5.74, 6) is 2.69. The lowest BCUT2D eigenvalue weighted by atomic mass is 9.50. The maximum atomic E-state index is 9.56. The standard InChI is InChI=1S/C11H18.C5H12.C3H6O2.C2H6O4S.C2H6O.3CH4/c1-11-5-8-2-9(6-11)4-10(3-8)7-11;1-5(2,3)4;1-2-3(4)5;1-2-6-7(3,4)5;1-2-3;;;/h8-10H,2-7H2,1H3;1-4H3;2H2,1H3,(H,4,5);2H2,1H3,(H,3,4,5);3H,2H2,1H3;3*1H4. The minimum atomic E-state index is -4.17. The maximum Gasteiger partial charge on any atom is 0.397 e. The molecule has 0 amide bonds. The molecule has 0 aliphatic heterocycles. The van der Waals surface area contributed by atoms with Gasteiger partial charge in [0.25, 0.3) is 0 Å². The minimum Gasteiger partial charge on any atom is -0.481 e. The van der Waals surface area contributed by atoms with Crippen LogP contribution in [-0.2, 0) is 19.4 Å². The Balaban J connectivity index is -0.000000109. The normalized spacial score (nSPS) is 25.3. The number of hydrogen-bond acceptors (Lipinski definition) is 5. The van der Waals surface area contributed by atoms with Gasteiger partial charge >= 0.3 is 16.4 Å². The molecule has 34 heavy (non-hydrogen) atoms. The Morgan fingerprint density at radius 2 is 1.15 bits per heavy atom. The van der Waals surface area contributed by atoms with Crippen LogP contribution in [0, 0.1) is 28.6 Å². The van der Waals surface area contributed by atoms with Crippen LogP contribution in [0.15, 0.2) is 0 Å². The van der Waals surface area contributed by atoms with Gasteiger partial charge in [-0.15, -0.1) is 0 Å². The number of aliphatic hydroxyl groups excluding tert-OH is 1. The number of carbonyl (C=O) groups is 1. The van der Waals surface area contributed by atoms with Crippen molar-refractivity contribution in [2.24, 2.45) is 28.6 Å². The van der Waals surface area contributed by atoms with E-state index >= 15 is 0 Å². The highest BCUT2D eigenvalue weighted by Gasteiger charge is 2.48. The van der Waals surface area contributed by atoms with E-state index in [2.05, 4.69) is 38.8 Å². The molecule has 4 saturated carbocycles. The van der Waals surface area contributed by atoms with Crippen molar-refractivity contribution in [3.05, 3.63) is 0 Å². The summed E-state index contributed by atoms with van der Waals surface area (Å²) in [6.45, 7) is 16.3. The van der Waals surface area contributed by atoms with Crippen LogP contribution in [0.4, 0.5) is 0 Å². The molecule has 0 unspecified atom stereocenters. The fraction of sp³-hybridized carbons (Fsp3) is 0.962. The molecule has 0 heterocycles. The molecule has 0 aromatic heterocycles. The van der Waals surface area contributed by atoms with E-state index in [9.17, 15) is 13.2 Å². The highest BCUT2D eigenvalue weighted by molar-refractivity contribution is 7.80. The number of aliphatic hydroxyl groups is 1. The van der Waals surface area contributed by atoms with E-state index in [1.165, 1.54) is 6.92 Å². The van der Waals surface area contributed by atoms with E-state index in [0.29, 0.717) is 5.41 Å². The average Bonchev–Trinajstić information content (AvgIpc) is 2.51. The van der Waals surface area contributed by atoms with Gasteiger partial charge in [0.2, 0.25) is 0 Å². The zero-order valence-electron chi connectivity index (χ0n) is 21.0. The molecular weight excluding hydrogens is 456 g/mol. The van der Waals surface area contributed by atoms with Gasteiger partial charge in [0.05, 0.1) is 6.61 Å². The van der Waals surface area contributed by atoms with E-state index in [1.54, 1.807) is 52.4 Å². The third-order valence-electron chi connectivity index (χ3n) is 4.91. The van der Waals surface area contributed by atoms with Crippen molar-refractivity contribution in [2.75, 3.05) is 13.2 Å². The summed E-state index contributed by atoms with van der Waals surface area (Å²) in [4.78, 5) is 9.37. The summed E-state index contributed by atoms with van der Waals surface area (Å²) in [6.07, 6.45) is 9.70. The second-order valence-corrected chi connectivity index (χ2v) is 11.7. The van der Waals surface area contributed by atoms with Gasteiger partial charge in [-0.1, -0.05) is 63.8 Å². The zero-order valence-corrected chi connectivity index (χ0v) is 21.8. The van der Waals surface area contributed by atoms with Crippen molar-refractivity contribution >= 4 is 16.4 Å². The Morgan fingerprint density at radius 3 is 1.24 bits per heavy atom. The summed E-state index contributed by atoms with van der Waals surface area (Å²) >= 11 is 0. The van der Waals surface area contributed by atoms with Gasteiger partial charge in [-0.25, -0.2) is 4.18 Å². The molecule has 4 fully saturated rings. The maximum absolute atomic E-state index is 9.56. The molecule has 3 N–H and O–H groups in total. The van der Waals surface area contributed by atoms with Crippen LogP contribution < -0.4 is 0 Å². The topological polar surface area (TPSA) is 121 Å². The van der Waals surface area contributed by atoms with E-state index in [4.69, 9.17) is 14.8 Å². The van der Waals surface area contributed by atoms with Gasteiger partial charge in [0.1, 0.15) is 0 Å².